The lowest BCUT2D eigenvalue weighted by Crippen LogP contribution is -2.34. The molecule has 0 spiro atoms. The van der Waals surface area contributed by atoms with E-state index in [1.54, 1.807) is 6.20 Å². The zero-order chi connectivity index (χ0) is 13.5. The Kier molecular flexibility index (Phi) is 2.36. The molecule has 0 bridgehead atoms. The molecule has 1 aliphatic heterocycles. The minimum atomic E-state index is 0.611. The summed E-state index contributed by atoms with van der Waals surface area (Å²) in [5.74, 6) is 7.95. The van der Waals surface area contributed by atoms with Crippen LogP contribution in [0.5, 0.6) is 0 Å². The number of nitrogens with zero attached hydrogens (tertiary/aromatic N) is 6. The van der Waals surface area contributed by atoms with Gasteiger partial charge in [-0.15, -0.1) is 0 Å². The SMILES string of the molecule is NNc1cn2ccnc2c(N2CCn3ccnc3C2)n1. The van der Waals surface area contributed by atoms with Gasteiger partial charge in [-0.25, -0.2) is 20.8 Å². The molecule has 20 heavy (non-hydrogen) atoms. The van der Waals surface area contributed by atoms with Crippen LogP contribution in [0, 0.1) is 0 Å². The van der Waals surface area contributed by atoms with Gasteiger partial charge in [0.05, 0.1) is 12.7 Å². The lowest BCUT2D eigenvalue weighted by Gasteiger charge is -2.28. The van der Waals surface area contributed by atoms with Gasteiger partial charge in [-0.2, -0.15) is 0 Å². The average molecular weight is 270 g/mol. The molecule has 1 aliphatic rings. The van der Waals surface area contributed by atoms with Crippen LogP contribution in [-0.4, -0.2) is 30.5 Å². The van der Waals surface area contributed by atoms with Gasteiger partial charge in [0.25, 0.3) is 0 Å². The van der Waals surface area contributed by atoms with E-state index in [0.29, 0.717) is 5.82 Å². The third kappa shape index (κ3) is 1.62. The summed E-state index contributed by atoms with van der Waals surface area (Å²) < 4.78 is 4.07. The number of hydrogen-bond acceptors (Lipinski definition) is 6. The highest BCUT2D eigenvalue weighted by Gasteiger charge is 2.21. The van der Waals surface area contributed by atoms with Crippen molar-refractivity contribution in [1.82, 2.24) is 23.9 Å². The third-order valence-corrected chi connectivity index (χ3v) is 3.55. The summed E-state index contributed by atoms with van der Waals surface area (Å²) in [6.07, 6.45) is 9.28. The molecule has 3 aromatic rings. The van der Waals surface area contributed by atoms with E-state index in [9.17, 15) is 0 Å². The van der Waals surface area contributed by atoms with Crippen LogP contribution in [0.4, 0.5) is 11.6 Å². The fourth-order valence-electron chi connectivity index (χ4n) is 2.55. The second kappa shape index (κ2) is 4.20. The van der Waals surface area contributed by atoms with Gasteiger partial charge in [-0.3, -0.25) is 0 Å². The summed E-state index contributed by atoms with van der Waals surface area (Å²) in [4.78, 5) is 15.5. The van der Waals surface area contributed by atoms with Gasteiger partial charge in [0.2, 0.25) is 0 Å². The molecule has 3 aromatic heterocycles. The molecule has 0 radical (unpaired) electrons. The number of rotatable bonds is 2. The molecular formula is C12H14N8. The fourth-order valence-corrected chi connectivity index (χ4v) is 2.55. The maximum Gasteiger partial charge on any atom is 0.180 e. The normalized spacial score (nSPS) is 14.6. The summed E-state index contributed by atoms with van der Waals surface area (Å²) >= 11 is 0. The molecule has 0 aromatic carbocycles. The number of fused-ring (bicyclic) bond motifs is 2. The predicted molar refractivity (Wildman–Crippen MR) is 74.1 cm³/mol. The van der Waals surface area contributed by atoms with E-state index in [4.69, 9.17) is 5.84 Å². The molecule has 8 nitrogen and oxygen atoms in total. The molecule has 4 rings (SSSR count). The quantitative estimate of drug-likeness (QED) is 0.512. The van der Waals surface area contributed by atoms with Crippen LogP contribution in [-0.2, 0) is 13.1 Å². The first kappa shape index (κ1) is 11.2. The van der Waals surface area contributed by atoms with Gasteiger partial charge in [0.15, 0.2) is 17.3 Å². The van der Waals surface area contributed by atoms with Crippen LogP contribution in [0.25, 0.3) is 5.65 Å². The monoisotopic (exact) mass is 270 g/mol. The first-order valence-electron chi connectivity index (χ1n) is 6.40. The molecule has 0 amide bonds. The molecule has 0 fully saturated rings. The van der Waals surface area contributed by atoms with Gasteiger partial charge in [0, 0.05) is 37.9 Å². The second-order valence-electron chi connectivity index (χ2n) is 4.71. The van der Waals surface area contributed by atoms with Crippen molar-refractivity contribution in [2.45, 2.75) is 13.1 Å². The smallest absolute Gasteiger partial charge is 0.180 e. The average Bonchev–Trinajstić information content (AvgIpc) is 3.13. The third-order valence-electron chi connectivity index (χ3n) is 3.55. The van der Waals surface area contributed by atoms with Crippen LogP contribution >= 0.6 is 0 Å². The molecule has 0 unspecified atom stereocenters. The summed E-state index contributed by atoms with van der Waals surface area (Å²) in [6.45, 7) is 2.48. The summed E-state index contributed by atoms with van der Waals surface area (Å²) in [5.41, 5.74) is 3.42. The van der Waals surface area contributed by atoms with E-state index >= 15 is 0 Å². The lowest BCUT2D eigenvalue weighted by molar-refractivity contribution is 0.556. The van der Waals surface area contributed by atoms with Crippen LogP contribution < -0.4 is 16.2 Å². The van der Waals surface area contributed by atoms with Crippen molar-refractivity contribution >= 4 is 17.3 Å². The van der Waals surface area contributed by atoms with Gasteiger partial charge in [0.1, 0.15) is 5.82 Å². The summed E-state index contributed by atoms with van der Waals surface area (Å²) in [5, 5.41) is 0. The Morgan fingerprint density at radius 2 is 2.05 bits per heavy atom. The topological polar surface area (TPSA) is 89.3 Å². The van der Waals surface area contributed by atoms with Crippen molar-refractivity contribution in [3.05, 3.63) is 36.8 Å². The largest absolute Gasteiger partial charge is 0.344 e. The molecule has 0 atom stereocenters. The molecule has 102 valence electrons. The Labute approximate surface area is 114 Å². The molecule has 0 aliphatic carbocycles. The highest BCUT2D eigenvalue weighted by Crippen LogP contribution is 2.23. The second-order valence-corrected chi connectivity index (χ2v) is 4.71. The lowest BCUT2D eigenvalue weighted by atomic mass is 10.3. The van der Waals surface area contributed by atoms with E-state index in [1.165, 1.54) is 0 Å². The van der Waals surface area contributed by atoms with E-state index in [2.05, 4.69) is 29.8 Å². The zero-order valence-electron chi connectivity index (χ0n) is 10.8. The standard InChI is InChI=1S/C12H14N8/c13-17-9-7-19-4-2-15-11(19)12(16-9)20-6-5-18-3-1-14-10(18)8-20/h1-4,7,17H,5-6,8,13H2. The Balaban J connectivity index is 1.80. The number of anilines is 2. The summed E-state index contributed by atoms with van der Waals surface area (Å²) in [7, 11) is 0. The number of hydrazine groups is 1. The van der Waals surface area contributed by atoms with Crippen molar-refractivity contribution in [2.75, 3.05) is 16.9 Å². The van der Waals surface area contributed by atoms with Crippen LogP contribution in [0.15, 0.2) is 31.0 Å². The van der Waals surface area contributed by atoms with E-state index < -0.39 is 0 Å². The Morgan fingerprint density at radius 3 is 2.95 bits per heavy atom. The minimum absolute atomic E-state index is 0.611. The van der Waals surface area contributed by atoms with Gasteiger partial charge < -0.3 is 19.3 Å². The van der Waals surface area contributed by atoms with Crippen molar-refractivity contribution < 1.29 is 0 Å². The van der Waals surface area contributed by atoms with E-state index in [0.717, 1.165) is 36.9 Å². The Morgan fingerprint density at radius 1 is 1.15 bits per heavy atom. The van der Waals surface area contributed by atoms with E-state index in [-0.39, 0.29) is 0 Å². The highest BCUT2D eigenvalue weighted by atomic mass is 15.3. The van der Waals surface area contributed by atoms with Gasteiger partial charge in [-0.1, -0.05) is 0 Å². The number of hydrogen-bond donors (Lipinski definition) is 2. The molecule has 8 heteroatoms. The number of aromatic nitrogens is 5. The molecular weight excluding hydrogens is 256 g/mol. The zero-order valence-corrected chi connectivity index (χ0v) is 10.8. The predicted octanol–water partition coefficient (Wildman–Crippen LogP) is 0.232. The number of nitrogen functional groups attached to an aromatic ring is 1. The first-order valence-corrected chi connectivity index (χ1v) is 6.40. The van der Waals surface area contributed by atoms with Crippen molar-refractivity contribution in [1.29, 1.82) is 0 Å². The molecule has 4 heterocycles. The first-order chi connectivity index (χ1) is 9.85. The van der Waals surface area contributed by atoms with Crippen LogP contribution in [0.1, 0.15) is 5.82 Å². The van der Waals surface area contributed by atoms with E-state index in [1.807, 2.05) is 29.2 Å². The van der Waals surface area contributed by atoms with Crippen LogP contribution in [0.2, 0.25) is 0 Å². The highest BCUT2D eigenvalue weighted by molar-refractivity contribution is 5.66. The number of imidazole rings is 2. The Hall–Kier alpha value is -2.61. The van der Waals surface area contributed by atoms with Crippen molar-refractivity contribution in [3.63, 3.8) is 0 Å². The van der Waals surface area contributed by atoms with Crippen molar-refractivity contribution in [2.24, 2.45) is 5.84 Å². The molecule has 0 saturated heterocycles. The number of nitrogens with one attached hydrogen (secondary N) is 1. The maximum atomic E-state index is 5.49. The summed E-state index contributed by atoms with van der Waals surface area (Å²) in [6, 6.07) is 0. The molecule has 0 saturated carbocycles. The molecule has 3 N–H and O–H groups in total. The number of nitrogens with two attached hydrogens (primary N) is 1. The van der Waals surface area contributed by atoms with Gasteiger partial charge >= 0.3 is 0 Å². The Bertz CT molecular complexity index is 758. The minimum Gasteiger partial charge on any atom is -0.344 e. The maximum absolute atomic E-state index is 5.49. The fraction of sp³-hybridized carbons (Fsp3) is 0.250. The van der Waals surface area contributed by atoms with Gasteiger partial charge in [-0.05, 0) is 0 Å². The van der Waals surface area contributed by atoms with Crippen LogP contribution in [0.3, 0.4) is 0 Å². The van der Waals surface area contributed by atoms with Crippen molar-refractivity contribution in [3.8, 4) is 0 Å².